The largest absolute Gasteiger partial charge is 0.376 e. The quantitative estimate of drug-likeness (QED) is 0.683. The highest BCUT2D eigenvalue weighted by Gasteiger charge is 2.21. The van der Waals surface area contributed by atoms with Crippen LogP contribution < -0.4 is 10.0 Å². The van der Waals surface area contributed by atoms with Gasteiger partial charge in [0, 0.05) is 13.2 Å². The Kier molecular flexibility index (Phi) is 6.92. The van der Waals surface area contributed by atoms with Crippen molar-refractivity contribution in [3.05, 3.63) is 59.7 Å². The molecule has 3 rings (SSSR count). The van der Waals surface area contributed by atoms with Crippen LogP contribution >= 0.6 is 0 Å². The highest BCUT2D eigenvalue weighted by atomic mass is 32.2. The second-order valence-electron chi connectivity index (χ2n) is 7.37. The van der Waals surface area contributed by atoms with Gasteiger partial charge in [-0.3, -0.25) is 9.52 Å². The van der Waals surface area contributed by atoms with Gasteiger partial charge in [-0.25, -0.2) is 8.42 Å². The first-order chi connectivity index (χ1) is 13.9. The number of rotatable bonds is 8. The number of hydrogen-bond acceptors (Lipinski definition) is 4. The smallest absolute Gasteiger partial charge is 0.261 e. The van der Waals surface area contributed by atoms with Crippen molar-refractivity contribution >= 4 is 21.6 Å². The maximum absolute atomic E-state index is 12.8. The monoisotopic (exact) mass is 416 g/mol. The molecule has 1 amide bonds. The average molecular weight is 417 g/mol. The maximum atomic E-state index is 12.8. The van der Waals surface area contributed by atoms with Gasteiger partial charge in [0.05, 0.1) is 22.3 Å². The predicted octanol–water partition coefficient (Wildman–Crippen LogP) is 3.91. The first-order valence-electron chi connectivity index (χ1n) is 10.0. The van der Waals surface area contributed by atoms with Crippen LogP contribution in [0.1, 0.15) is 54.9 Å². The predicted molar refractivity (Wildman–Crippen MR) is 114 cm³/mol. The van der Waals surface area contributed by atoms with Crippen LogP contribution in [-0.4, -0.2) is 33.6 Å². The van der Waals surface area contributed by atoms with Gasteiger partial charge in [0.1, 0.15) is 0 Å². The summed E-state index contributed by atoms with van der Waals surface area (Å²) in [5.41, 5.74) is 1.63. The zero-order chi connectivity index (χ0) is 20.9. The van der Waals surface area contributed by atoms with Crippen LogP contribution in [0.3, 0.4) is 0 Å². The van der Waals surface area contributed by atoms with Crippen LogP contribution in [-0.2, 0) is 14.8 Å². The highest BCUT2D eigenvalue weighted by molar-refractivity contribution is 7.92. The topological polar surface area (TPSA) is 84.5 Å². The van der Waals surface area contributed by atoms with E-state index in [9.17, 15) is 13.2 Å². The Labute approximate surface area is 172 Å². The van der Waals surface area contributed by atoms with Crippen molar-refractivity contribution in [1.82, 2.24) is 5.32 Å². The van der Waals surface area contributed by atoms with E-state index in [0.29, 0.717) is 19.1 Å². The number of carbonyl (C=O) groups is 1. The van der Waals surface area contributed by atoms with E-state index >= 15 is 0 Å². The molecule has 2 aromatic carbocycles. The fraction of sp³-hybridized carbons (Fsp3) is 0.409. The lowest BCUT2D eigenvalue weighted by atomic mass is 9.99. The summed E-state index contributed by atoms with van der Waals surface area (Å²) in [4.78, 5) is 12.8. The van der Waals surface area contributed by atoms with Gasteiger partial charge in [-0.2, -0.15) is 0 Å². The number of para-hydroxylation sites is 1. The van der Waals surface area contributed by atoms with E-state index < -0.39 is 10.0 Å². The molecule has 0 radical (unpaired) electrons. The molecular weight excluding hydrogens is 388 g/mol. The molecule has 1 saturated heterocycles. The van der Waals surface area contributed by atoms with Gasteiger partial charge in [-0.15, -0.1) is 0 Å². The summed E-state index contributed by atoms with van der Waals surface area (Å²) in [6.45, 7) is 5.33. The van der Waals surface area contributed by atoms with E-state index in [1.165, 1.54) is 0 Å². The Hall–Kier alpha value is -2.38. The Morgan fingerprint density at radius 2 is 1.90 bits per heavy atom. The van der Waals surface area contributed by atoms with Gasteiger partial charge in [0.2, 0.25) is 0 Å². The fourth-order valence-electron chi connectivity index (χ4n) is 3.29. The fourth-order valence-corrected chi connectivity index (χ4v) is 4.37. The van der Waals surface area contributed by atoms with Gasteiger partial charge >= 0.3 is 0 Å². The van der Waals surface area contributed by atoms with Gasteiger partial charge in [-0.1, -0.05) is 38.1 Å². The number of carbonyl (C=O) groups excluding carboxylic acids is 1. The van der Waals surface area contributed by atoms with Gasteiger partial charge in [0.25, 0.3) is 15.9 Å². The third kappa shape index (κ3) is 5.36. The summed E-state index contributed by atoms with van der Waals surface area (Å²) in [5, 5.41) is 2.83. The molecule has 0 bridgehead atoms. The van der Waals surface area contributed by atoms with Crippen LogP contribution in [0, 0.1) is 0 Å². The zero-order valence-corrected chi connectivity index (χ0v) is 17.7. The number of ether oxygens (including phenoxy) is 1. The number of nitrogens with one attached hydrogen (secondary N) is 2. The highest BCUT2D eigenvalue weighted by Crippen LogP contribution is 2.23. The third-order valence-electron chi connectivity index (χ3n) is 5.30. The summed E-state index contributed by atoms with van der Waals surface area (Å²) < 4.78 is 33.7. The van der Waals surface area contributed by atoms with Crippen molar-refractivity contribution in [1.29, 1.82) is 0 Å². The summed E-state index contributed by atoms with van der Waals surface area (Å²) in [5.74, 6) is 0.0406. The lowest BCUT2D eigenvalue weighted by Gasteiger charge is -2.15. The van der Waals surface area contributed by atoms with E-state index in [-0.39, 0.29) is 28.2 Å². The number of amides is 1. The summed E-state index contributed by atoms with van der Waals surface area (Å²) >= 11 is 0. The molecule has 0 spiro atoms. The van der Waals surface area contributed by atoms with Crippen LogP contribution in [0.2, 0.25) is 0 Å². The maximum Gasteiger partial charge on any atom is 0.261 e. The minimum absolute atomic E-state index is 0.0202. The first-order valence-corrected chi connectivity index (χ1v) is 11.5. The molecule has 6 nitrogen and oxygen atoms in total. The number of benzene rings is 2. The van der Waals surface area contributed by atoms with Crippen LogP contribution in [0.15, 0.2) is 53.4 Å². The standard InChI is InChI=1S/C22H28N2O4S/c1-3-16(2)17-10-12-19(13-11-17)29(26,27)24-21-9-5-4-8-20(21)22(25)23-15-18-7-6-14-28-18/h4-5,8-13,16,18,24H,3,6-7,14-15H2,1-2H3,(H,23,25)/t16-,18+/m1/s1. The first kappa shape index (κ1) is 21.3. The molecule has 1 heterocycles. The Balaban J connectivity index is 1.74. The number of hydrogen-bond donors (Lipinski definition) is 2. The van der Waals surface area contributed by atoms with Crippen LogP contribution in [0.25, 0.3) is 0 Å². The Morgan fingerprint density at radius 3 is 2.55 bits per heavy atom. The van der Waals surface area contributed by atoms with Gasteiger partial charge < -0.3 is 10.1 Å². The normalized spacial score (nSPS) is 17.7. The molecule has 1 aliphatic rings. The molecule has 0 aromatic heterocycles. The van der Waals surface area contributed by atoms with Gasteiger partial charge in [0.15, 0.2) is 0 Å². The molecule has 29 heavy (non-hydrogen) atoms. The summed E-state index contributed by atoms with van der Waals surface area (Å²) in [7, 11) is -3.80. The van der Waals surface area contributed by atoms with Gasteiger partial charge in [-0.05, 0) is 55.0 Å². The SMILES string of the molecule is CC[C@@H](C)c1ccc(S(=O)(=O)Nc2ccccc2C(=O)NC[C@@H]2CCCO2)cc1. The minimum atomic E-state index is -3.80. The van der Waals surface area contributed by atoms with Crippen LogP contribution in [0.5, 0.6) is 0 Å². The molecule has 2 aromatic rings. The lowest BCUT2D eigenvalue weighted by Crippen LogP contribution is -2.32. The average Bonchev–Trinajstić information content (AvgIpc) is 3.25. The van der Waals surface area contributed by atoms with Crippen molar-refractivity contribution in [3.63, 3.8) is 0 Å². The third-order valence-corrected chi connectivity index (χ3v) is 6.68. The molecule has 156 valence electrons. The molecule has 0 unspecified atom stereocenters. The van der Waals surface area contributed by atoms with Crippen molar-refractivity contribution in [3.8, 4) is 0 Å². The zero-order valence-electron chi connectivity index (χ0n) is 16.9. The van der Waals surface area contributed by atoms with E-state index in [4.69, 9.17) is 4.74 Å². The molecule has 1 aliphatic heterocycles. The number of sulfonamides is 1. The lowest BCUT2D eigenvalue weighted by molar-refractivity contribution is 0.0858. The van der Waals surface area contributed by atoms with Crippen molar-refractivity contribution in [2.75, 3.05) is 17.9 Å². The van der Waals surface area contributed by atoms with E-state index in [1.807, 2.05) is 12.1 Å². The minimum Gasteiger partial charge on any atom is -0.376 e. The molecule has 2 N–H and O–H groups in total. The summed E-state index contributed by atoms with van der Waals surface area (Å²) in [6, 6.07) is 13.5. The second-order valence-corrected chi connectivity index (χ2v) is 9.06. The molecular formula is C22H28N2O4S. The van der Waals surface area contributed by atoms with Crippen molar-refractivity contribution < 1.29 is 17.9 Å². The number of anilines is 1. The molecule has 0 aliphatic carbocycles. The Morgan fingerprint density at radius 1 is 1.17 bits per heavy atom. The van der Waals surface area contributed by atoms with Crippen molar-refractivity contribution in [2.24, 2.45) is 0 Å². The Bertz CT molecular complexity index is 936. The molecule has 0 saturated carbocycles. The van der Waals surface area contributed by atoms with E-state index in [1.54, 1.807) is 36.4 Å². The molecule has 7 heteroatoms. The molecule has 1 fully saturated rings. The second kappa shape index (κ2) is 9.41. The van der Waals surface area contributed by atoms with Crippen LogP contribution in [0.4, 0.5) is 5.69 Å². The van der Waals surface area contributed by atoms with E-state index in [2.05, 4.69) is 23.9 Å². The summed E-state index contributed by atoms with van der Waals surface area (Å²) in [6.07, 6.45) is 2.92. The molecule has 2 atom stereocenters. The van der Waals surface area contributed by atoms with E-state index in [0.717, 1.165) is 24.8 Å². The van der Waals surface area contributed by atoms with Crippen molar-refractivity contribution in [2.45, 2.75) is 50.0 Å².